The fourth-order valence-corrected chi connectivity index (χ4v) is 4.36. The van der Waals surface area contributed by atoms with Gasteiger partial charge in [0.25, 0.3) is 0 Å². The lowest BCUT2D eigenvalue weighted by Gasteiger charge is -2.29. The molecule has 5 nitrogen and oxygen atoms in total. The first-order chi connectivity index (χ1) is 12.7. The maximum Gasteiger partial charge on any atom is 0.237 e. The maximum atomic E-state index is 12.4. The molecule has 1 heterocycles. The van der Waals surface area contributed by atoms with Crippen LogP contribution in [0, 0.1) is 17.8 Å². The Morgan fingerprint density at radius 3 is 2.73 bits per heavy atom. The van der Waals surface area contributed by atoms with Crippen LogP contribution in [0.2, 0.25) is 0 Å². The summed E-state index contributed by atoms with van der Waals surface area (Å²) in [6.07, 6.45) is 6.73. The summed E-state index contributed by atoms with van der Waals surface area (Å²) in [5.74, 6) is 1.82. The quantitative estimate of drug-likeness (QED) is 0.765. The van der Waals surface area contributed by atoms with Gasteiger partial charge in [-0.05, 0) is 36.2 Å². The van der Waals surface area contributed by atoms with Gasteiger partial charge in [0, 0.05) is 19.5 Å². The minimum absolute atomic E-state index is 0.00249. The standard InChI is InChI=1S/C21H26N2O3/c24-19-10-18(21(25)23-11-17-9-15-6-7-16(17)8-15)22-12-20(19)26-13-14-4-2-1-3-5-14/h1-7,15-18,20,22H,8-13H2,(H,23,25). The van der Waals surface area contributed by atoms with Crippen LogP contribution in [0.5, 0.6) is 0 Å². The van der Waals surface area contributed by atoms with E-state index in [4.69, 9.17) is 4.74 Å². The molecule has 26 heavy (non-hydrogen) atoms. The number of fused-ring (bicyclic) bond motifs is 2. The van der Waals surface area contributed by atoms with Gasteiger partial charge in [-0.3, -0.25) is 9.59 Å². The number of piperidine rings is 1. The molecule has 1 aromatic carbocycles. The summed E-state index contributed by atoms with van der Waals surface area (Å²) >= 11 is 0. The lowest BCUT2D eigenvalue weighted by molar-refractivity contribution is -0.138. The number of hydrogen-bond donors (Lipinski definition) is 2. The summed E-state index contributed by atoms with van der Waals surface area (Å²) in [7, 11) is 0. The summed E-state index contributed by atoms with van der Waals surface area (Å²) < 4.78 is 5.73. The number of hydrogen-bond acceptors (Lipinski definition) is 4. The highest BCUT2D eigenvalue weighted by Gasteiger charge is 2.37. The predicted octanol–water partition coefficient (Wildman–Crippen LogP) is 1.83. The molecule has 5 heteroatoms. The average Bonchev–Trinajstić information content (AvgIpc) is 3.29. The molecule has 2 N–H and O–H groups in total. The van der Waals surface area contributed by atoms with Gasteiger partial charge in [-0.25, -0.2) is 0 Å². The molecule has 1 amide bonds. The summed E-state index contributed by atoms with van der Waals surface area (Å²) in [4.78, 5) is 24.7. The van der Waals surface area contributed by atoms with Crippen molar-refractivity contribution in [1.29, 1.82) is 0 Å². The summed E-state index contributed by atoms with van der Waals surface area (Å²) in [5, 5.41) is 6.22. The van der Waals surface area contributed by atoms with E-state index < -0.39 is 12.1 Å². The normalized spacial score (nSPS) is 32.8. The van der Waals surface area contributed by atoms with E-state index in [2.05, 4.69) is 22.8 Å². The number of Topliss-reactive ketones (excluding diaryl/α,β-unsaturated/α-hetero) is 1. The molecule has 1 saturated carbocycles. The lowest BCUT2D eigenvalue weighted by atomic mass is 9.93. The first-order valence-electron chi connectivity index (χ1n) is 9.56. The average molecular weight is 354 g/mol. The zero-order valence-corrected chi connectivity index (χ0v) is 14.9. The highest BCUT2D eigenvalue weighted by atomic mass is 16.5. The van der Waals surface area contributed by atoms with Crippen molar-refractivity contribution >= 4 is 11.7 Å². The number of allylic oxidation sites excluding steroid dienone is 2. The number of rotatable bonds is 6. The van der Waals surface area contributed by atoms with E-state index in [1.807, 2.05) is 30.3 Å². The highest BCUT2D eigenvalue weighted by Crippen LogP contribution is 2.42. The Balaban J connectivity index is 1.21. The third-order valence-corrected chi connectivity index (χ3v) is 5.88. The van der Waals surface area contributed by atoms with Crippen LogP contribution in [-0.2, 0) is 20.9 Å². The maximum absolute atomic E-state index is 12.4. The molecular weight excluding hydrogens is 328 g/mol. The molecular formula is C21H26N2O3. The first kappa shape index (κ1) is 17.4. The van der Waals surface area contributed by atoms with Crippen molar-refractivity contribution in [2.45, 2.75) is 38.0 Å². The van der Waals surface area contributed by atoms with Crippen LogP contribution in [-0.4, -0.2) is 36.9 Å². The van der Waals surface area contributed by atoms with Gasteiger partial charge in [0.2, 0.25) is 5.91 Å². The molecule has 4 rings (SSSR count). The molecule has 138 valence electrons. The van der Waals surface area contributed by atoms with Gasteiger partial charge in [0.15, 0.2) is 5.78 Å². The number of nitrogens with one attached hydrogen (secondary N) is 2. The van der Waals surface area contributed by atoms with Crippen molar-refractivity contribution in [3.63, 3.8) is 0 Å². The molecule has 1 saturated heterocycles. The summed E-state index contributed by atoms with van der Waals surface area (Å²) in [5.41, 5.74) is 1.04. The van der Waals surface area contributed by atoms with E-state index in [0.29, 0.717) is 37.5 Å². The predicted molar refractivity (Wildman–Crippen MR) is 98.3 cm³/mol. The number of ether oxygens (including phenoxy) is 1. The lowest BCUT2D eigenvalue weighted by Crippen LogP contribution is -2.55. The van der Waals surface area contributed by atoms with Gasteiger partial charge < -0.3 is 15.4 Å². The zero-order valence-electron chi connectivity index (χ0n) is 14.9. The van der Waals surface area contributed by atoms with Crippen molar-refractivity contribution in [2.24, 2.45) is 17.8 Å². The molecule has 5 atom stereocenters. The van der Waals surface area contributed by atoms with Gasteiger partial charge in [0.1, 0.15) is 6.10 Å². The van der Waals surface area contributed by atoms with E-state index in [1.54, 1.807) is 0 Å². The van der Waals surface area contributed by atoms with Crippen LogP contribution in [0.4, 0.5) is 0 Å². The van der Waals surface area contributed by atoms with E-state index in [-0.39, 0.29) is 18.1 Å². The fourth-order valence-electron chi connectivity index (χ4n) is 4.36. The zero-order chi connectivity index (χ0) is 17.9. The Bertz CT molecular complexity index is 688. The van der Waals surface area contributed by atoms with Crippen LogP contribution in [0.3, 0.4) is 0 Å². The van der Waals surface area contributed by atoms with Crippen molar-refractivity contribution in [2.75, 3.05) is 13.1 Å². The van der Waals surface area contributed by atoms with Gasteiger partial charge in [-0.1, -0.05) is 42.5 Å². The Morgan fingerprint density at radius 2 is 2.04 bits per heavy atom. The SMILES string of the molecule is O=C(NCC1CC2C=CC1C2)C1CC(=O)C(OCc2ccccc2)CN1. The molecule has 3 aliphatic rings. The second kappa shape index (κ2) is 7.72. The molecule has 0 radical (unpaired) electrons. The third-order valence-electron chi connectivity index (χ3n) is 5.88. The van der Waals surface area contributed by atoms with Crippen LogP contribution in [0.15, 0.2) is 42.5 Å². The number of amides is 1. The van der Waals surface area contributed by atoms with Crippen LogP contribution in [0.1, 0.15) is 24.8 Å². The number of carbonyl (C=O) groups is 2. The second-order valence-corrected chi connectivity index (χ2v) is 7.70. The smallest absolute Gasteiger partial charge is 0.237 e. The number of carbonyl (C=O) groups excluding carboxylic acids is 2. The summed E-state index contributed by atoms with van der Waals surface area (Å²) in [6, 6.07) is 9.36. The Morgan fingerprint density at radius 1 is 1.19 bits per heavy atom. The summed E-state index contributed by atoms with van der Waals surface area (Å²) in [6.45, 7) is 1.51. The molecule has 2 aliphatic carbocycles. The van der Waals surface area contributed by atoms with Crippen LogP contribution in [0.25, 0.3) is 0 Å². The minimum Gasteiger partial charge on any atom is -0.364 e. The van der Waals surface area contributed by atoms with Gasteiger partial charge in [0.05, 0.1) is 12.6 Å². The largest absolute Gasteiger partial charge is 0.364 e. The van der Waals surface area contributed by atoms with Crippen LogP contribution < -0.4 is 10.6 Å². The van der Waals surface area contributed by atoms with Crippen molar-refractivity contribution < 1.29 is 14.3 Å². The Kier molecular flexibility index (Phi) is 5.18. The highest BCUT2D eigenvalue weighted by molar-refractivity contribution is 5.92. The van der Waals surface area contributed by atoms with Gasteiger partial charge >= 0.3 is 0 Å². The molecule has 1 aromatic rings. The molecule has 1 aliphatic heterocycles. The Labute approximate surface area is 154 Å². The third kappa shape index (κ3) is 3.89. The topological polar surface area (TPSA) is 67.4 Å². The Hall–Kier alpha value is -1.98. The van der Waals surface area contributed by atoms with Crippen LogP contribution >= 0.6 is 0 Å². The fraction of sp³-hybridized carbons (Fsp3) is 0.524. The van der Waals surface area contributed by atoms with E-state index in [1.165, 1.54) is 12.8 Å². The molecule has 5 unspecified atom stereocenters. The van der Waals surface area contributed by atoms with Crippen molar-refractivity contribution in [3.8, 4) is 0 Å². The van der Waals surface area contributed by atoms with E-state index in [9.17, 15) is 9.59 Å². The minimum atomic E-state index is -0.477. The van der Waals surface area contributed by atoms with E-state index >= 15 is 0 Å². The van der Waals surface area contributed by atoms with Crippen molar-refractivity contribution in [1.82, 2.24) is 10.6 Å². The second-order valence-electron chi connectivity index (χ2n) is 7.70. The van der Waals surface area contributed by atoms with E-state index in [0.717, 1.165) is 5.56 Å². The van der Waals surface area contributed by atoms with Gasteiger partial charge in [-0.2, -0.15) is 0 Å². The monoisotopic (exact) mass is 354 g/mol. The molecule has 2 fully saturated rings. The van der Waals surface area contributed by atoms with Crippen molar-refractivity contribution in [3.05, 3.63) is 48.0 Å². The van der Waals surface area contributed by atoms with Gasteiger partial charge in [-0.15, -0.1) is 0 Å². The first-order valence-corrected chi connectivity index (χ1v) is 9.56. The molecule has 2 bridgehead atoms. The molecule has 0 spiro atoms. The number of benzene rings is 1. The molecule has 0 aromatic heterocycles. The number of ketones is 1.